The Labute approximate surface area is 246 Å². The van der Waals surface area contributed by atoms with E-state index in [1.807, 2.05) is 0 Å². The van der Waals surface area contributed by atoms with Crippen molar-refractivity contribution in [3.05, 3.63) is 143 Å². The van der Waals surface area contributed by atoms with Gasteiger partial charge in [0.2, 0.25) is 0 Å². The van der Waals surface area contributed by atoms with Gasteiger partial charge < -0.3 is 10.2 Å². The summed E-state index contributed by atoms with van der Waals surface area (Å²) in [6.07, 6.45) is 14.3. The average molecular weight is 539 g/mol. The van der Waals surface area contributed by atoms with Crippen molar-refractivity contribution in [3.8, 4) is 0 Å². The molecule has 0 aliphatic heterocycles. The van der Waals surface area contributed by atoms with E-state index >= 15 is 0 Å². The Morgan fingerprint density at radius 3 is 1.63 bits per heavy atom. The predicted molar refractivity (Wildman–Crippen MR) is 176 cm³/mol. The van der Waals surface area contributed by atoms with E-state index in [0.717, 1.165) is 17.8 Å². The summed E-state index contributed by atoms with van der Waals surface area (Å²) in [4.78, 5) is 2.50. The Kier molecular flexibility index (Phi) is 7.83. The van der Waals surface area contributed by atoms with Crippen LogP contribution in [0.5, 0.6) is 0 Å². The lowest BCUT2D eigenvalue weighted by Gasteiger charge is -2.39. The summed E-state index contributed by atoms with van der Waals surface area (Å²) >= 11 is 0. The number of hydrogen-bond donors (Lipinski definition) is 1. The largest absolute Gasteiger partial charge is 0.356 e. The van der Waals surface area contributed by atoms with Crippen molar-refractivity contribution >= 4 is 22.7 Å². The zero-order valence-electron chi connectivity index (χ0n) is 24.7. The first-order valence-electron chi connectivity index (χ1n) is 15.3. The Morgan fingerprint density at radius 1 is 0.610 bits per heavy atom. The van der Waals surface area contributed by atoms with Gasteiger partial charge in [-0.3, -0.25) is 0 Å². The summed E-state index contributed by atoms with van der Waals surface area (Å²) in [7, 11) is 0. The number of aryl methyl sites for hydroxylation is 2. The standard InChI is InChI=1S/C39H42N2/c1-29-7-17-34(18-8-29)40-35-19-13-32(14-20-35)39(27-5-4-6-28-39)33-15-25-38(26-16-33)41(36-21-9-30(2)10-22-36)37-23-11-31(3)12-24-37/h7-23,25-26,37,40H,4-6,24,27-28H2,1-3H3. The molecule has 1 fully saturated rings. The van der Waals surface area contributed by atoms with E-state index in [4.69, 9.17) is 0 Å². The molecule has 4 aromatic rings. The van der Waals surface area contributed by atoms with Crippen LogP contribution in [-0.2, 0) is 5.41 Å². The van der Waals surface area contributed by atoms with Crippen molar-refractivity contribution in [1.29, 1.82) is 0 Å². The van der Waals surface area contributed by atoms with Crippen LogP contribution in [0.2, 0.25) is 0 Å². The number of allylic oxidation sites excluding steroid dienone is 2. The highest BCUT2D eigenvalue weighted by atomic mass is 15.2. The molecule has 2 aliphatic carbocycles. The summed E-state index contributed by atoms with van der Waals surface area (Å²) in [5.74, 6) is 0. The summed E-state index contributed by atoms with van der Waals surface area (Å²) in [5, 5.41) is 3.57. The Balaban J connectivity index is 1.30. The highest BCUT2D eigenvalue weighted by molar-refractivity contribution is 5.67. The maximum atomic E-state index is 3.57. The van der Waals surface area contributed by atoms with Gasteiger partial charge in [-0.05, 0) is 99.7 Å². The molecular formula is C39H42N2. The summed E-state index contributed by atoms with van der Waals surface area (Å²) in [6, 6.07) is 36.6. The fourth-order valence-electron chi connectivity index (χ4n) is 6.66. The number of rotatable bonds is 7. The molecule has 1 unspecified atom stereocenters. The van der Waals surface area contributed by atoms with Crippen molar-refractivity contribution in [2.24, 2.45) is 0 Å². The lowest BCUT2D eigenvalue weighted by molar-refractivity contribution is 0.346. The van der Waals surface area contributed by atoms with E-state index in [9.17, 15) is 0 Å². The predicted octanol–water partition coefficient (Wildman–Crippen LogP) is 10.7. The Bertz CT molecular complexity index is 1500. The molecule has 4 aromatic carbocycles. The summed E-state index contributed by atoms with van der Waals surface area (Å²) in [6.45, 7) is 6.47. The number of anilines is 4. The van der Waals surface area contributed by atoms with Gasteiger partial charge in [-0.2, -0.15) is 0 Å². The minimum atomic E-state index is 0.0679. The second-order valence-electron chi connectivity index (χ2n) is 12.1. The van der Waals surface area contributed by atoms with Crippen LogP contribution in [0.4, 0.5) is 22.7 Å². The van der Waals surface area contributed by atoms with Crippen molar-refractivity contribution in [2.75, 3.05) is 10.2 Å². The molecule has 0 radical (unpaired) electrons. The zero-order valence-corrected chi connectivity index (χ0v) is 24.7. The van der Waals surface area contributed by atoms with Crippen LogP contribution in [0.15, 0.2) is 121 Å². The molecule has 6 rings (SSSR count). The molecule has 208 valence electrons. The highest BCUT2D eigenvalue weighted by Crippen LogP contribution is 2.46. The fraction of sp³-hybridized carbons (Fsp3) is 0.282. The summed E-state index contributed by atoms with van der Waals surface area (Å²) in [5.41, 5.74) is 11.6. The molecule has 1 saturated carbocycles. The van der Waals surface area contributed by atoms with Crippen molar-refractivity contribution < 1.29 is 0 Å². The van der Waals surface area contributed by atoms with Gasteiger partial charge in [0.1, 0.15) is 0 Å². The van der Waals surface area contributed by atoms with E-state index in [0.29, 0.717) is 6.04 Å². The van der Waals surface area contributed by atoms with Gasteiger partial charge >= 0.3 is 0 Å². The Hall–Kier alpha value is -4.04. The molecule has 0 aromatic heterocycles. The van der Waals surface area contributed by atoms with Gasteiger partial charge in [-0.25, -0.2) is 0 Å². The maximum absolute atomic E-state index is 3.57. The monoisotopic (exact) mass is 538 g/mol. The number of hydrogen-bond acceptors (Lipinski definition) is 2. The van der Waals surface area contributed by atoms with Gasteiger partial charge in [-0.1, -0.05) is 103 Å². The number of nitrogens with zero attached hydrogens (tertiary/aromatic N) is 1. The van der Waals surface area contributed by atoms with E-state index in [1.54, 1.807) is 0 Å². The van der Waals surface area contributed by atoms with Gasteiger partial charge in [0, 0.05) is 28.2 Å². The summed E-state index contributed by atoms with van der Waals surface area (Å²) < 4.78 is 0. The molecule has 2 heteroatoms. The number of benzene rings is 4. The minimum Gasteiger partial charge on any atom is -0.356 e. The topological polar surface area (TPSA) is 15.3 Å². The maximum Gasteiger partial charge on any atom is 0.0560 e. The molecule has 2 aliphatic rings. The average Bonchev–Trinajstić information content (AvgIpc) is 3.01. The molecule has 0 spiro atoms. The van der Waals surface area contributed by atoms with E-state index in [1.165, 1.54) is 71.3 Å². The van der Waals surface area contributed by atoms with E-state index in [2.05, 4.69) is 146 Å². The highest BCUT2D eigenvalue weighted by Gasteiger charge is 2.36. The van der Waals surface area contributed by atoms with Crippen LogP contribution < -0.4 is 10.2 Å². The first-order chi connectivity index (χ1) is 20.0. The first-order valence-corrected chi connectivity index (χ1v) is 15.3. The smallest absolute Gasteiger partial charge is 0.0560 e. The Morgan fingerprint density at radius 2 is 1.10 bits per heavy atom. The molecule has 0 saturated heterocycles. The second-order valence-corrected chi connectivity index (χ2v) is 12.1. The van der Waals surface area contributed by atoms with E-state index in [-0.39, 0.29) is 5.41 Å². The molecule has 0 heterocycles. The SMILES string of the molecule is CC1=CCC(N(c2ccc(C)cc2)c2ccc(C3(c4ccc(Nc5ccc(C)cc5)cc4)CCCCC3)cc2)C=C1. The second kappa shape index (κ2) is 11.8. The molecule has 0 amide bonds. The quantitative estimate of drug-likeness (QED) is 0.252. The molecular weight excluding hydrogens is 496 g/mol. The van der Waals surface area contributed by atoms with Crippen LogP contribution in [-0.4, -0.2) is 6.04 Å². The number of nitrogens with one attached hydrogen (secondary N) is 1. The molecule has 1 N–H and O–H groups in total. The van der Waals surface area contributed by atoms with Crippen molar-refractivity contribution in [2.45, 2.75) is 70.8 Å². The van der Waals surface area contributed by atoms with Crippen LogP contribution in [0.3, 0.4) is 0 Å². The third-order valence-electron chi connectivity index (χ3n) is 9.09. The lowest BCUT2D eigenvalue weighted by Crippen LogP contribution is -2.31. The van der Waals surface area contributed by atoms with E-state index < -0.39 is 0 Å². The van der Waals surface area contributed by atoms with Gasteiger partial charge in [0.05, 0.1) is 6.04 Å². The molecule has 41 heavy (non-hydrogen) atoms. The van der Waals surface area contributed by atoms with Crippen LogP contribution in [0, 0.1) is 13.8 Å². The van der Waals surface area contributed by atoms with Crippen LogP contribution in [0.25, 0.3) is 0 Å². The molecule has 1 atom stereocenters. The van der Waals surface area contributed by atoms with Crippen LogP contribution >= 0.6 is 0 Å². The van der Waals surface area contributed by atoms with Crippen molar-refractivity contribution in [3.63, 3.8) is 0 Å². The van der Waals surface area contributed by atoms with Gasteiger partial charge in [-0.15, -0.1) is 0 Å². The third kappa shape index (κ3) is 5.88. The van der Waals surface area contributed by atoms with Crippen LogP contribution in [0.1, 0.15) is 67.7 Å². The molecule has 0 bridgehead atoms. The van der Waals surface area contributed by atoms with Gasteiger partial charge in [0.25, 0.3) is 0 Å². The minimum absolute atomic E-state index is 0.0679. The molecule has 2 nitrogen and oxygen atoms in total. The lowest BCUT2D eigenvalue weighted by atomic mass is 9.65. The van der Waals surface area contributed by atoms with Crippen molar-refractivity contribution in [1.82, 2.24) is 0 Å². The van der Waals surface area contributed by atoms with Gasteiger partial charge in [0.15, 0.2) is 0 Å². The third-order valence-corrected chi connectivity index (χ3v) is 9.09. The fourth-order valence-corrected chi connectivity index (χ4v) is 6.66. The normalized spacial score (nSPS) is 18.0. The first kappa shape index (κ1) is 27.1. The zero-order chi connectivity index (χ0) is 28.2.